The summed E-state index contributed by atoms with van der Waals surface area (Å²) < 4.78 is 26.0. The van der Waals surface area contributed by atoms with E-state index in [0.717, 1.165) is 11.3 Å². The Hall–Kier alpha value is -3.91. The van der Waals surface area contributed by atoms with Crippen LogP contribution in [0.15, 0.2) is 90.0 Å². The molecular formula is C24H21N3O4S. The summed E-state index contributed by atoms with van der Waals surface area (Å²) in [6, 6.07) is 22.5. The van der Waals surface area contributed by atoms with Crippen LogP contribution < -0.4 is 5.32 Å². The number of carbonyl (C=O) groups excluding carboxylic acids is 1. The van der Waals surface area contributed by atoms with E-state index >= 15 is 0 Å². The Bertz CT molecular complexity index is 1370. The van der Waals surface area contributed by atoms with E-state index in [1.54, 1.807) is 10.9 Å². The van der Waals surface area contributed by atoms with Crippen molar-refractivity contribution in [1.29, 1.82) is 0 Å². The van der Waals surface area contributed by atoms with Crippen LogP contribution >= 0.6 is 0 Å². The summed E-state index contributed by atoms with van der Waals surface area (Å²) in [5.74, 6) is -0.842. The molecule has 4 rings (SSSR count). The van der Waals surface area contributed by atoms with Gasteiger partial charge in [-0.15, -0.1) is 0 Å². The number of amides is 1. The Morgan fingerprint density at radius 1 is 1.00 bits per heavy atom. The first-order chi connectivity index (χ1) is 15.4. The lowest BCUT2D eigenvalue weighted by molar-refractivity contribution is 0.102. The van der Waals surface area contributed by atoms with Gasteiger partial charge in [-0.1, -0.05) is 55.5 Å². The molecule has 0 fully saturated rings. The SMILES string of the molecule is CCS(=O)(=O)c1ccc(O)c(NC(=O)c2cn(-c3ccccc3)nc2-c2ccccc2)c1. The van der Waals surface area contributed by atoms with Crippen molar-refractivity contribution in [1.82, 2.24) is 9.78 Å². The van der Waals surface area contributed by atoms with Crippen LogP contribution in [0.2, 0.25) is 0 Å². The van der Waals surface area contributed by atoms with Gasteiger partial charge >= 0.3 is 0 Å². The first-order valence-electron chi connectivity index (χ1n) is 9.96. The molecule has 1 heterocycles. The number of rotatable bonds is 6. The molecular weight excluding hydrogens is 426 g/mol. The Kier molecular flexibility index (Phi) is 5.79. The minimum Gasteiger partial charge on any atom is -0.506 e. The van der Waals surface area contributed by atoms with Crippen LogP contribution in [-0.2, 0) is 9.84 Å². The molecule has 1 amide bonds. The zero-order chi connectivity index (χ0) is 22.7. The second-order valence-corrected chi connectivity index (χ2v) is 9.35. The number of nitrogens with one attached hydrogen (secondary N) is 1. The second kappa shape index (κ2) is 8.68. The number of nitrogens with zero attached hydrogens (tertiary/aromatic N) is 2. The maximum atomic E-state index is 13.2. The van der Waals surface area contributed by atoms with Crippen molar-refractivity contribution >= 4 is 21.4 Å². The smallest absolute Gasteiger partial charge is 0.259 e. The average molecular weight is 448 g/mol. The van der Waals surface area contributed by atoms with Crippen molar-refractivity contribution in [3.05, 3.63) is 90.6 Å². The predicted molar refractivity (Wildman–Crippen MR) is 123 cm³/mol. The third-order valence-electron chi connectivity index (χ3n) is 4.98. The molecule has 32 heavy (non-hydrogen) atoms. The number of hydrogen-bond donors (Lipinski definition) is 2. The van der Waals surface area contributed by atoms with E-state index in [1.165, 1.54) is 25.1 Å². The van der Waals surface area contributed by atoms with Gasteiger partial charge in [0.25, 0.3) is 5.91 Å². The molecule has 3 aromatic carbocycles. The number of sulfone groups is 1. The summed E-state index contributed by atoms with van der Waals surface area (Å²) in [5.41, 5.74) is 2.28. The van der Waals surface area contributed by atoms with E-state index in [4.69, 9.17) is 0 Å². The molecule has 0 radical (unpaired) electrons. The number of phenolic OH excluding ortho intramolecular Hbond substituents is 1. The van der Waals surface area contributed by atoms with Gasteiger partial charge in [-0.3, -0.25) is 4.79 Å². The third-order valence-corrected chi connectivity index (χ3v) is 6.71. The number of phenols is 1. The number of aromatic nitrogens is 2. The minimum absolute atomic E-state index is 0.0102. The molecule has 0 aliphatic heterocycles. The maximum absolute atomic E-state index is 13.2. The van der Waals surface area contributed by atoms with Crippen molar-refractivity contribution in [3.8, 4) is 22.7 Å². The molecule has 0 atom stereocenters. The monoisotopic (exact) mass is 447 g/mol. The third kappa shape index (κ3) is 4.26. The van der Waals surface area contributed by atoms with E-state index in [-0.39, 0.29) is 27.6 Å². The van der Waals surface area contributed by atoms with Gasteiger partial charge < -0.3 is 10.4 Å². The molecule has 0 saturated heterocycles. The molecule has 0 bridgehead atoms. The van der Waals surface area contributed by atoms with Gasteiger partial charge in [-0.25, -0.2) is 13.1 Å². The number of benzene rings is 3. The number of anilines is 1. The van der Waals surface area contributed by atoms with Gasteiger partial charge in [-0.2, -0.15) is 5.10 Å². The van der Waals surface area contributed by atoms with Crippen molar-refractivity contribution < 1.29 is 18.3 Å². The molecule has 4 aromatic rings. The van der Waals surface area contributed by atoms with Crippen LogP contribution in [0.25, 0.3) is 16.9 Å². The first kappa shape index (κ1) is 21.3. The van der Waals surface area contributed by atoms with Crippen LogP contribution in [-0.4, -0.2) is 35.0 Å². The molecule has 2 N–H and O–H groups in total. The Balaban J connectivity index is 1.76. The highest BCUT2D eigenvalue weighted by atomic mass is 32.2. The number of para-hydroxylation sites is 1. The fraction of sp³-hybridized carbons (Fsp3) is 0.0833. The number of aromatic hydroxyl groups is 1. The van der Waals surface area contributed by atoms with E-state index in [9.17, 15) is 18.3 Å². The highest BCUT2D eigenvalue weighted by Crippen LogP contribution is 2.29. The highest BCUT2D eigenvalue weighted by Gasteiger charge is 2.21. The van der Waals surface area contributed by atoms with Gasteiger partial charge in [-0.05, 0) is 30.3 Å². The molecule has 0 aliphatic carbocycles. The normalized spacial score (nSPS) is 11.3. The molecule has 7 nitrogen and oxygen atoms in total. The van der Waals surface area contributed by atoms with Crippen molar-refractivity contribution in [2.24, 2.45) is 0 Å². The van der Waals surface area contributed by atoms with Gasteiger partial charge in [0.1, 0.15) is 11.4 Å². The average Bonchev–Trinajstić information content (AvgIpc) is 3.27. The van der Waals surface area contributed by atoms with Gasteiger partial charge in [0, 0.05) is 11.8 Å². The fourth-order valence-electron chi connectivity index (χ4n) is 3.23. The Morgan fingerprint density at radius 2 is 1.66 bits per heavy atom. The van der Waals surface area contributed by atoms with Gasteiger partial charge in [0.05, 0.1) is 27.6 Å². The molecule has 0 aliphatic rings. The summed E-state index contributed by atoms with van der Waals surface area (Å²) >= 11 is 0. The maximum Gasteiger partial charge on any atom is 0.259 e. The van der Waals surface area contributed by atoms with Crippen LogP contribution in [0.5, 0.6) is 5.75 Å². The van der Waals surface area contributed by atoms with E-state index < -0.39 is 15.7 Å². The summed E-state index contributed by atoms with van der Waals surface area (Å²) in [6.45, 7) is 1.53. The summed E-state index contributed by atoms with van der Waals surface area (Å²) in [7, 11) is -3.50. The van der Waals surface area contributed by atoms with E-state index in [0.29, 0.717) is 5.69 Å². The Morgan fingerprint density at radius 3 is 2.31 bits per heavy atom. The lowest BCUT2D eigenvalue weighted by Crippen LogP contribution is -2.13. The van der Waals surface area contributed by atoms with Crippen LogP contribution in [0.4, 0.5) is 5.69 Å². The number of hydrogen-bond acceptors (Lipinski definition) is 5. The van der Waals surface area contributed by atoms with Crippen LogP contribution in [0, 0.1) is 0 Å². The summed E-state index contributed by atoms with van der Waals surface area (Å²) in [4.78, 5) is 13.2. The first-order valence-corrected chi connectivity index (χ1v) is 11.6. The zero-order valence-corrected chi connectivity index (χ0v) is 18.1. The van der Waals surface area contributed by atoms with Crippen molar-refractivity contribution in [3.63, 3.8) is 0 Å². The molecule has 0 unspecified atom stereocenters. The summed E-state index contributed by atoms with van der Waals surface area (Å²) in [6.07, 6.45) is 1.61. The van der Waals surface area contributed by atoms with Gasteiger partial charge in [0.15, 0.2) is 9.84 Å². The highest BCUT2D eigenvalue weighted by molar-refractivity contribution is 7.91. The molecule has 8 heteroatoms. The second-order valence-electron chi connectivity index (χ2n) is 7.07. The zero-order valence-electron chi connectivity index (χ0n) is 17.3. The molecule has 0 saturated carbocycles. The minimum atomic E-state index is -3.50. The van der Waals surface area contributed by atoms with Crippen LogP contribution in [0.3, 0.4) is 0 Å². The van der Waals surface area contributed by atoms with Crippen molar-refractivity contribution in [2.45, 2.75) is 11.8 Å². The molecule has 1 aromatic heterocycles. The standard InChI is InChI=1S/C24H21N3O4S/c1-2-32(30,31)19-13-14-22(28)21(15-19)25-24(29)20-16-27(18-11-7-4-8-12-18)26-23(20)17-9-5-3-6-10-17/h3-16,28H,2H2,1H3,(H,25,29). The molecule has 0 spiro atoms. The largest absolute Gasteiger partial charge is 0.506 e. The number of carbonyl (C=O) groups is 1. The fourth-order valence-corrected chi connectivity index (χ4v) is 4.13. The van der Waals surface area contributed by atoms with Gasteiger partial charge in [0.2, 0.25) is 0 Å². The Labute approximate surface area is 185 Å². The topological polar surface area (TPSA) is 101 Å². The summed E-state index contributed by atoms with van der Waals surface area (Å²) in [5, 5.41) is 17.4. The van der Waals surface area contributed by atoms with Crippen LogP contribution in [0.1, 0.15) is 17.3 Å². The van der Waals surface area contributed by atoms with Crippen molar-refractivity contribution in [2.75, 3.05) is 11.1 Å². The van der Waals surface area contributed by atoms with E-state index in [1.807, 2.05) is 60.7 Å². The predicted octanol–water partition coefficient (Wildman–Crippen LogP) is 4.29. The lowest BCUT2D eigenvalue weighted by atomic mass is 10.1. The molecule has 162 valence electrons. The lowest BCUT2D eigenvalue weighted by Gasteiger charge is -2.10. The van der Waals surface area contributed by atoms with E-state index in [2.05, 4.69) is 10.4 Å². The quantitative estimate of drug-likeness (QED) is 0.430.